The molecule has 0 spiro atoms. The molecule has 0 unspecified atom stereocenters. The second-order valence-corrected chi connectivity index (χ2v) is 6.75. The van der Waals surface area contributed by atoms with Crippen molar-refractivity contribution >= 4 is 11.8 Å². The fraction of sp³-hybridized carbons (Fsp3) is 0.750. The van der Waals surface area contributed by atoms with Crippen LogP contribution >= 0.6 is 0 Å². The van der Waals surface area contributed by atoms with Crippen LogP contribution in [0.15, 0.2) is 4.52 Å². The van der Waals surface area contributed by atoms with Gasteiger partial charge >= 0.3 is 0 Å². The molecule has 2 aliphatic heterocycles. The van der Waals surface area contributed by atoms with E-state index in [0.717, 1.165) is 6.42 Å². The van der Waals surface area contributed by atoms with Gasteiger partial charge in [-0.25, -0.2) is 0 Å². The van der Waals surface area contributed by atoms with Gasteiger partial charge in [-0.2, -0.15) is 4.98 Å². The predicted octanol–water partition coefficient (Wildman–Crippen LogP) is 0.584. The molecule has 3 rings (SSSR count). The SMILES string of the molecule is CC(C)c1noc(CCC(=O)N2CC[C@H]3OCC(=O)N(C)[C@H]3C2)n1. The molecule has 24 heavy (non-hydrogen) atoms. The molecule has 8 heteroatoms. The number of piperidine rings is 1. The quantitative estimate of drug-likeness (QED) is 0.799. The summed E-state index contributed by atoms with van der Waals surface area (Å²) in [6, 6.07) is -0.0556. The summed E-state index contributed by atoms with van der Waals surface area (Å²) in [5.41, 5.74) is 0. The molecular formula is C16H24N4O4. The molecule has 2 fully saturated rings. The summed E-state index contributed by atoms with van der Waals surface area (Å²) in [5.74, 6) is 1.38. The van der Waals surface area contributed by atoms with Gasteiger partial charge in [-0.15, -0.1) is 0 Å². The summed E-state index contributed by atoms with van der Waals surface area (Å²) < 4.78 is 10.8. The Balaban J connectivity index is 1.54. The van der Waals surface area contributed by atoms with Crippen LogP contribution in [-0.4, -0.2) is 70.6 Å². The van der Waals surface area contributed by atoms with Crippen LogP contribution in [0.1, 0.15) is 44.3 Å². The number of aromatic nitrogens is 2. The lowest BCUT2D eigenvalue weighted by Gasteiger charge is -2.45. The minimum absolute atomic E-state index is 0.0290. The predicted molar refractivity (Wildman–Crippen MR) is 84.2 cm³/mol. The van der Waals surface area contributed by atoms with E-state index in [9.17, 15) is 9.59 Å². The number of likely N-dealkylation sites (N-methyl/N-ethyl adjacent to an activating group) is 1. The molecule has 2 saturated heterocycles. The van der Waals surface area contributed by atoms with Crippen LogP contribution < -0.4 is 0 Å². The highest BCUT2D eigenvalue weighted by Gasteiger charge is 2.39. The first kappa shape index (κ1) is 16.9. The number of aryl methyl sites for hydroxylation is 1. The summed E-state index contributed by atoms with van der Waals surface area (Å²) in [5, 5.41) is 3.91. The average molecular weight is 336 g/mol. The number of carbonyl (C=O) groups excluding carboxylic acids is 2. The van der Waals surface area contributed by atoms with Crippen molar-refractivity contribution in [2.75, 3.05) is 26.7 Å². The van der Waals surface area contributed by atoms with Gasteiger partial charge in [0.2, 0.25) is 17.7 Å². The Hall–Kier alpha value is -1.96. The Morgan fingerprint density at radius 3 is 2.92 bits per heavy atom. The summed E-state index contributed by atoms with van der Waals surface area (Å²) >= 11 is 0. The van der Waals surface area contributed by atoms with E-state index in [-0.39, 0.29) is 36.5 Å². The number of amides is 2. The average Bonchev–Trinajstić information content (AvgIpc) is 3.05. The zero-order valence-corrected chi connectivity index (χ0v) is 14.4. The number of morpholine rings is 1. The Labute approximate surface area is 141 Å². The number of carbonyl (C=O) groups is 2. The monoisotopic (exact) mass is 336 g/mol. The van der Waals surface area contributed by atoms with Gasteiger partial charge in [-0.1, -0.05) is 19.0 Å². The molecule has 1 aromatic rings. The highest BCUT2D eigenvalue weighted by atomic mass is 16.5. The molecule has 0 aromatic carbocycles. The molecule has 0 N–H and O–H groups in total. The zero-order chi connectivity index (χ0) is 17.3. The van der Waals surface area contributed by atoms with Gasteiger partial charge in [-0.05, 0) is 6.42 Å². The molecule has 2 amide bonds. The second-order valence-electron chi connectivity index (χ2n) is 6.75. The first-order valence-corrected chi connectivity index (χ1v) is 8.43. The highest BCUT2D eigenvalue weighted by Crippen LogP contribution is 2.23. The van der Waals surface area contributed by atoms with Gasteiger partial charge in [0, 0.05) is 38.9 Å². The Kier molecular flexibility index (Phi) is 4.84. The number of ether oxygens (including phenoxy) is 1. The van der Waals surface area contributed by atoms with Crippen LogP contribution in [-0.2, 0) is 20.7 Å². The van der Waals surface area contributed by atoms with Crippen molar-refractivity contribution in [3.8, 4) is 0 Å². The maximum Gasteiger partial charge on any atom is 0.248 e. The molecule has 0 aliphatic carbocycles. The topological polar surface area (TPSA) is 88.8 Å². The number of nitrogens with zero attached hydrogens (tertiary/aromatic N) is 4. The number of hydrogen-bond acceptors (Lipinski definition) is 6. The Morgan fingerprint density at radius 1 is 1.42 bits per heavy atom. The number of likely N-dealkylation sites (tertiary alicyclic amines) is 1. The smallest absolute Gasteiger partial charge is 0.248 e. The third-order valence-corrected chi connectivity index (χ3v) is 4.74. The highest BCUT2D eigenvalue weighted by molar-refractivity contribution is 5.79. The maximum atomic E-state index is 12.5. The zero-order valence-electron chi connectivity index (χ0n) is 14.4. The molecular weight excluding hydrogens is 312 g/mol. The van der Waals surface area contributed by atoms with E-state index in [4.69, 9.17) is 9.26 Å². The number of rotatable bonds is 4. The van der Waals surface area contributed by atoms with E-state index in [1.165, 1.54) is 0 Å². The Bertz CT molecular complexity index is 615. The van der Waals surface area contributed by atoms with Crippen LogP contribution in [0, 0.1) is 0 Å². The van der Waals surface area contributed by atoms with E-state index in [1.807, 2.05) is 13.8 Å². The standard InChI is InChI=1S/C16H24N4O4/c1-10(2)16-17-13(24-18-16)4-5-14(21)20-7-6-12-11(8-20)19(3)15(22)9-23-12/h10-12H,4-9H2,1-3H3/t11-,12+/m0/s1. The van der Waals surface area contributed by atoms with Gasteiger partial charge in [-0.3, -0.25) is 9.59 Å². The molecule has 8 nitrogen and oxygen atoms in total. The largest absolute Gasteiger partial charge is 0.366 e. The van der Waals surface area contributed by atoms with E-state index < -0.39 is 0 Å². The first-order valence-electron chi connectivity index (χ1n) is 8.43. The first-order chi connectivity index (χ1) is 11.5. The lowest BCUT2D eigenvalue weighted by molar-refractivity contribution is -0.163. The molecule has 0 saturated carbocycles. The van der Waals surface area contributed by atoms with Gasteiger partial charge < -0.3 is 19.1 Å². The van der Waals surface area contributed by atoms with Gasteiger partial charge in [0.05, 0.1) is 12.1 Å². The number of fused-ring (bicyclic) bond motifs is 1. The minimum atomic E-state index is -0.0556. The van der Waals surface area contributed by atoms with E-state index in [1.54, 1.807) is 16.8 Å². The summed E-state index contributed by atoms with van der Waals surface area (Å²) in [4.78, 5) is 32.0. The molecule has 132 valence electrons. The van der Waals surface area contributed by atoms with Crippen molar-refractivity contribution in [3.05, 3.63) is 11.7 Å². The second kappa shape index (κ2) is 6.88. The van der Waals surface area contributed by atoms with Crippen molar-refractivity contribution in [1.29, 1.82) is 0 Å². The molecule has 3 heterocycles. The summed E-state index contributed by atoms with van der Waals surface area (Å²) in [6.07, 6.45) is 1.55. The molecule has 0 bridgehead atoms. The fourth-order valence-electron chi connectivity index (χ4n) is 3.14. The van der Waals surface area contributed by atoms with Crippen molar-refractivity contribution in [1.82, 2.24) is 19.9 Å². The van der Waals surface area contributed by atoms with Crippen LogP contribution in [0.4, 0.5) is 0 Å². The van der Waals surface area contributed by atoms with Gasteiger partial charge in [0.25, 0.3) is 0 Å². The third kappa shape index (κ3) is 3.43. The molecule has 1 aromatic heterocycles. The summed E-state index contributed by atoms with van der Waals surface area (Å²) in [7, 11) is 1.78. The minimum Gasteiger partial charge on any atom is -0.366 e. The van der Waals surface area contributed by atoms with Crippen LogP contribution in [0.3, 0.4) is 0 Å². The van der Waals surface area contributed by atoms with Gasteiger partial charge in [0.1, 0.15) is 6.61 Å². The van der Waals surface area contributed by atoms with Crippen molar-refractivity contribution < 1.29 is 18.8 Å². The Morgan fingerprint density at radius 2 is 2.21 bits per heavy atom. The number of hydrogen-bond donors (Lipinski definition) is 0. The van der Waals surface area contributed by atoms with Crippen LogP contribution in [0.2, 0.25) is 0 Å². The lowest BCUT2D eigenvalue weighted by Crippen LogP contribution is -2.61. The third-order valence-electron chi connectivity index (χ3n) is 4.74. The van der Waals surface area contributed by atoms with E-state index in [0.29, 0.717) is 37.6 Å². The molecule has 2 atom stereocenters. The normalized spacial score (nSPS) is 24.4. The lowest BCUT2D eigenvalue weighted by atomic mass is 9.98. The van der Waals surface area contributed by atoms with Crippen LogP contribution in [0.5, 0.6) is 0 Å². The summed E-state index contributed by atoms with van der Waals surface area (Å²) in [6.45, 7) is 5.30. The molecule has 2 aliphatic rings. The van der Waals surface area contributed by atoms with Crippen LogP contribution in [0.25, 0.3) is 0 Å². The molecule has 0 radical (unpaired) electrons. The fourth-order valence-corrected chi connectivity index (χ4v) is 3.14. The van der Waals surface area contributed by atoms with E-state index in [2.05, 4.69) is 10.1 Å². The van der Waals surface area contributed by atoms with Crippen molar-refractivity contribution in [3.63, 3.8) is 0 Å². The maximum absolute atomic E-state index is 12.5. The van der Waals surface area contributed by atoms with Crippen molar-refractivity contribution in [2.24, 2.45) is 0 Å². The van der Waals surface area contributed by atoms with E-state index >= 15 is 0 Å². The van der Waals surface area contributed by atoms with Crippen molar-refractivity contribution in [2.45, 2.75) is 51.2 Å². The van der Waals surface area contributed by atoms with Gasteiger partial charge in [0.15, 0.2) is 5.82 Å².